The zero-order chi connectivity index (χ0) is 9.97. The monoisotopic (exact) mass is 343 g/mol. The van der Waals surface area contributed by atoms with Crippen LogP contribution in [0, 0.1) is 17.7 Å². The molecule has 16 heavy (non-hydrogen) atoms. The van der Waals surface area contributed by atoms with Gasteiger partial charge in [0.25, 0.3) is 0 Å². The Morgan fingerprint density at radius 2 is 1.88 bits per heavy atom. The smallest absolute Gasteiger partial charge is 0.0765 e. The third kappa shape index (κ3) is 3.76. The number of pyridine rings is 1. The molecule has 2 aromatic rings. The van der Waals surface area contributed by atoms with Crippen LogP contribution in [0.1, 0.15) is 0 Å². The molecule has 1 aromatic heterocycles. The van der Waals surface area contributed by atoms with E-state index in [9.17, 15) is 8.78 Å². The Hall–Kier alpha value is -0.0427. The number of benzene rings is 1. The molecule has 1 radical (unpaired) electrons. The van der Waals surface area contributed by atoms with Crippen LogP contribution in [0.25, 0.3) is 11.3 Å². The second kappa shape index (κ2) is 7.32. The van der Waals surface area contributed by atoms with E-state index in [0.29, 0.717) is 11.3 Å². The van der Waals surface area contributed by atoms with Crippen molar-refractivity contribution >= 4 is 0 Å². The normalized spacial score (nSPS) is 8.88. The molecule has 75 valence electrons. The largest absolute Gasteiger partial charge is 0.305 e. The van der Waals surface area contributed by atoms with Crippen LogP contribution in [0.5, 0.6) is 0 Å². The van der Waals surface area contributed by atoms with Gasteiger partial charge in [0, 0.05) is 58.4 Å². The quantitative estimate of drug-likeness (QED) is 0.573. The van der Waals surface area contributed by atoms with Crippen LogP contribution in [0.4, 0.5) is 8.78 Å². The second-order valence-corrected chi connectivity index (χ2v) is 2.76. The fraction of sp³-hybridized carbons (Fsp3) is 0. The first-order valence-electron chi connectivity index (χ1n) is 4.05. The molecule has 0 saturated carbocycles. The fourth-order valence-electron chi connectivity index (χ4n) is 1.12. The molecule has 0 atom stereocenters. The van der Waals surface area contributed by atoms with Gasteiger partial charge in [-0.3, -0.25) is 4.39 Å². The van der Waals surface area contributed by atoms with E-state index in [1.807, 2.05) is 0 Å². The molecular formula is C11H6F2NYZn-. The third-order valence-corrected chi connectivity index (χ3v) is 1.79. The average Bonchev–Trinajstić information content (AvgIpc) is 2.23. The molecule has 0 amide bonds. The summed E-state index contributed by atoms with van der Waals surface area (Å²) in [5.74, 6) is -1.78. The Balaban J connectivity index is 0.00000112. The molecule has 0 aliphatic carbocycles. The third-order valence-electron chi connectivity index (χ3n) is 1.79. The molecule has 1 heterocycles. The second-order valence-electron chi connectivity index (χ2n) is 2.76. The molecule has 0 N–H and O–H groups in total. The van der Waals surface area contributed by atoms with E-state index in [-0.39, 0.29) is 52.2 Å². The Morgan fingerprint density at radius 1 is 1.12 bits per heavy atom. The molecule has 0 fully saturated rings. The van der Waals surface area contributed by atoms with Crippen molar-refractivity contribution in [2.75, 3.05) is 0 Å². The minimum absolute atomic E-state index is 0. The maximum atomic E-state index is 12.8. The molecule has 0 unspecified atom stereocenters. The van der Waals surface area contributed by atoms with Crippen molar-refractivity contribution in [2.24, 2.45) is 0 Å². The number of hydrogen-bond donors (Lipinski definition) is 0. The van der Waals surface area contributed by atoms with E-state index in [4.69, 9.17) is 0 Å². The van der Waals surface area contributed by atoms with Crippen LogP contribution < -0.4 is 0 Å². The van der Waals surface area contributed by atoms with Crippen LogP contribution in [-0.2, 0) is 52.2 Å². The van der Waals surface area contributed by atoms with Crippen molar-refractivity contribution in [1.82, 2.24) is 4.98 Å². The van der Waals surface area contributed by atoms with Crippen molar-refractivity contribution in [2.45, 2.75) is 0 Å². The van der Waals surface area contributed by atoms with Gasteiger partial charge >= 0.3 is 0 Å². The van der Waals surface area contributed by atoms with Crippen LogP contribution in [-0.4, -0.2) is 4.98 Å². The van der Waals surface area contributed by atoms with Gasteiger partial charge in [-0.2, -0.15) is 0 Å². The summed E-state index contributed by atoms with van der Waals surface area (Å²) >= 11 is 0. The van der Waals surface area contributed by atoms with Gasteiger partial charge in [0.15, 0.2) is 0 Å². The van der Waals surface area contributed by atoms with Gasteiger partial charge in [-0.05, 0) is 11.8 Å². The summed E-state index contributed by atoms with van der Waals surface area (Å²) in [6, 6.07) is 9.91. The Kier molecular flexibility index (Phi) is 7.30. The first-order valence-corrected chi connectivity index (χ1v) is 4.05. The predicted molar refractivity (Wildman–Crippen MR) is 48.4 cm³/mol. The Morgan fingerprint density at radius 3 is 2.44 bits per heavy atom. The SMILES string of the molecule is Fc1c[c-]c(-c2ccccn2)cc1F.[Y].[Zn]. The molecule has 1 aromatic carbocycles. The minimum Gasteiger partial charge on any atom is -0.305 e. The van der Waals surface area contributed by atoms with Crippen LogP contribution in [0.15, 0.2) is 36.5 Å². The maximum Gasteiger partial charge on any atom is 0.0765 e. The van der Waals surface area contributed by atoms with Crippen molar-refractivity contribution in [3.63, 3.8) is 0 Å². The van der Waals surface area contributed by atoms with E-state index in [1.165, 1.54) is 0 Å². The van der Waals surface area contributed by atoms with Gasteiger partial charge in [-0.1, -0.05) is 12.1 Å². The van der Waals surface area contributed by atoms with Gasteiger partial charge < -0.3 is 4.98 Å². The van der Waals surface area contributed by atoms with Crippen molar-refractivity contribution in [3.8, 4) is 11.3 Å². The molecular weight excluding hydrogens is 338 g/mol. The zero-order valence-corrected chi connectivity index (χ0v) is 14.3. The van der Waals surface area contributed by atoms with Crippen LogP contribution in [0.2, 0.25) is 0 Å². The summed E-state index contributed by atoms with van der Waals surface area (Å²) in [4.78, 5) is 4.00. The summed E-state index contributed by atoms with van der Waals surface area (Å²) in [5.41, 5.74) is 1.02. The molecule has 2 rings (SSSR count). The fourth-order valence-corrected chi connectivity index (χ4v) is 1.12. The number of halogens is 2. The summed E-state index contributed by atoms with van der Waals surface area (Å²) in [7, 11) is 0. The number of hydrogen-bond acceptors (Lipinski definition) is 1. The molecule has 0 spiro atoms. The number of rotatable bonds is 1. The van der Waals surface area contributed by atoms with Gasteiger partial charge in [0.1, 0.15) is 0 Å². The molecule has 0 aliphatic heterocycles. The summed E-state index contributed by atoms with van der Waals surface area (Å²) in [5, 5.41) is 0. The van der Waals surface area contributed by atoms with Gasteiger partial charge in [-0.15, -0.1) is 23.8 Å². The molecule has 0 saturated heterocycles. The summed E-state index contributed by atoms with van der Waals surface area (Å²) < 4.78 is 25.4. The van der Waals surface area contributed by atoms with Gasteiger partial charge in [0.05, 0.1) is 11.6 Å². The van der Waals surface area contributed by atoms with Crippen molar-refractivity contribution in [1.29, 1.82) is 0 Å². The van der Waals surface area contributed by atoms with Crippen molar-refractivity contribution in [3.05, 3.63) is 54.2 Å². The first-order chi connectivity index (χ1) is 6.77. The summed E-state index contributed by atoms with van der Waals surface area (Å²) in [6.07, 6.45) is 1.59. The number of aromatic nitrogens is 1. The first kappa shape index (κ1) is 16.0. The van der Waals surface area contributed by atoms with Crippen LogP contribution in [0.3, 0.4) is 0 Å². The van der Waals surface area contributed by atoms with Crippen LogP contribution >= 0.6 is 0 Å². The van der Waals surface area contributed by atoms with E-state index in [2.05, 4.69) is 11.1 Å². The maximum absolute atomic E-state index is 12.8. The average molecular weight is 344 g/mol. The zero-order valence-electron chi connectivity index (χ0n) is 8.45. The topological polar surface area (TPSA) is 12.9 Å². The Labute approximate surface area is 130 Å². The molecule has 0 bridgehead atoms. The van der Waals surface area contributed by atoms with Gasteiger partial charge in [-0.25, -0.2) is 4.39 Å². The molecule has 0 aliphatic rings. The minimum atomic E-state index is -0.898. The Bertz CT molecular complexity index is 451. The van der Waals surface area contributed by atoms with E-state index < -0.39 is 11.6 Å². The van der Waals surface area contributed by atoms with E-state index in [0.717, 1.165) is 12.1 Å². The number of nitrogens with zero attached hydrogens (tertiary/aromatic N) is 1. The van der Waals surface area contributed by atoms with Gasteiger partial charge in [0.2, 0.25) is 0 Å². The summed E-state index contributed by atoms with van der Waals surface area (Å²) in [6.45, 7) is 0. The van der Waals surface area contributed by atoms with Crippen molar-refractivity contribution < 1.29 is 61.0 Å². The van der Waals surface area contributed by atoms with E-state index in [1.54, 1.807) is 24.4 Å². The molecule has 5 heteroatoms. The predicted octanol–water partition coefficient (Wildman–Crippen LogP) is 2.82. The standard InChI is InChI=1S/C11H6F2N.Y.Zn/c12-9-5-4-8(7-10(9)13)11-3-1-2-6-14-11;;/h1-3,5-7H;;/q-1;;. The molecule has 1 nitrogen and oxygen atoms in total. The van der Waals surface area contributed by atoms with E-state index >= 15 is 0 Å².